The van der Waals surface area contributed by atoms with E-state index >= 15 is 4.39 Å². The maximum absolute atomic E-state index is 15.5. The lowest BCUT2D eigenvalue weighted by Crippen LogP contribution is -2.52. The molecule has 0 spiro atoms. The summed E-state index contributed by atoms with van der Waals surface area (Å²) in [5, 5.41) is 2.52. The van der Waals surface area contributed by atoms with Crippen LogP contribution < -0.4 is 16.6 Å². The van der Waals surface area contributed by atoms with Gasteiger partial charge in [-0.15, -0.1) is 0 Å². The molecule has 1 aliphatic carbocycles. The van der Waals surface area contributed by atoms with Crippen LogP contribution in [-0.2, 0) is 23.6 Å². The van der Waals surface area contributed by atoms with E-state index in [1.165, 1.54) is 20.2 Å². The molecule has 2 aromatic carbocycles. The monoisotopic (exact) mass is 710 g/mol. The molecule has 2 amide bonds. The first-order valence-electron chi connectivity index (χ1n) is 15.6. The van der Waals surface area contributed by atoms with Gasteiger partial charge in [-0.1, -0.05) is 53.6 Å². The Kier molecular flexibility index (Phi) is 10.6. The minimum atomic E-state index is -0.833. The van der Waals surface area contributed by atoms with Crippen LogP contribution in [0.4, 0.5) is 10.1 Å². The number of amides is 2. The van der Waals surface area contributed by atoms with Crippen LogP contribution in [0.2, 0.25) is 10.0 Å². The van der Waals surface area contributed by atoms with E-state index in [2.05, 4.69) is 23.7 Å². The van der Waals surface area contributed by atoms with Crippen molar-refractivity contribution in [2.24, 2.45) is 19.1 Å². The standard InChI is InChI=1S/C35H37Cl2FN6O5/c1-19-10-13-27(44-16-14-43(15-17-44)21(3)45)28(19)33(49-6)39-20(2)22-8-7-9-23(30(22)36)29-25(38)11-12-26(31(29)37)40-32(46)24-18-41(4)35(48)42(5)34(24)47/h7-9,11-12,18,27H,2,10,13-17H2,1,3-6H3,(H,40,46)/b39-33+. The smallest absolute Gasteiger partial charge is 0.330 e. The van der Waals surface area contributed by atoms with Crippen LogP contribution in [0.15, 0.2) is 68.8 Å². The Balaban J connectivity index is 1.45. The number of nitrogens with zero attached hydrogens (tertiary/aromatic N) is 5. The lowest BCUT2D eigenvalue weighted by atomic mass is 10.00. The van der Waals surface area contributed by atoms with Gasteiger partial charge in [0.1, 0.15) is 11.4 Å². The quantitative estimate of drug-likeness (QED) is 0.269. The molecule has 0 radical (unpaired) electrons. The number of carbonyl (C=O) groups excluding carboxylic acids is 2. The topological polar surface area (TPSA) is 118 Å². The number of hydrogen-bond donors (Lipinski definition) is 1. The summed E-state index contributed by atoms with van der Waals surface area (Å²) in [5.41, 5.74) is 1.29. The number of allylic oxidation sites excluding steroid dienone is 1. The molecule has 2 heterocycles. The molecular formula is C35H37Cl2FN6O5. The average Bonchev–Trinajstić information content (AvgIpc) is 3.46. The van der Waals surface area contributed by atoms with E-state index in [-0.39, 0.29) is 50.1 Å². The number of hydrogen-bond acceptors (Lipinski definition) is 7. The minimum Gasteiger partial charge on any atom is -0.481 e. The molecule has 1 aromatic heterocycles. The van der Waals surface area contributed by atoms with Crippen LogP contribution in [-0.4, -0.2) is 76.0 Å². The van der Waals surface area contributed by atoms with E-state index < -0.39 is 23.0 Å². The summed E-state index contributed by atoms with van der Waals surface area (Å²) in [5.74, 6) is -1.07. The molecule has 14 heteroatoms. The van der Waals surface area contributed by atoms with E-state index in [1.54, 1.807) is 32.2 Å². The number of aliphatic imine (C=N–C) groups is 1. The van der Waals surface area contributed by atoms with Crippen LogP contribution in [0.25, 0.3) is 16.8 Å². The fourth-order valence-electron chi connectivity index (χ4n) is 6.35. The van der Waals surface area contributed by atoms with E-state index in [9.17, 15) is 19.2 Å². The van der Waals surface area contributed by atoms with Crippen LogP contribution in [0, 0.1) is 5.82 Å². The number of ether oxygens (including phenoxy) is 1. The average molecular weight is 712 g/mol. The Hall–Kier alpha value is -4.52. The summed E-state index contributed by atoms with van der Waals surface area (Å²) < 4.78 is 23.2. The number of aromatic nitrogens is 2. The molecule has 1 saturated heterocycles. The number of carbonyl (C=O) groups is 2. The predicted molar refractivity (Wildman–Crippen MR) is 190 cm³/mol. The first-order valence-corrected chi connectivity index (χ1v) is 16.4. The first-order chi connectivity index (χ1) is 23.2. The van der Waals surface area contributed by atoms with Gasteiger partial charge >= 0.3 is 5.69 Å². The molecule has 5 rings (SSSR count). The molecule has 0 bridgehead atoms. The normalized spacial score (nSPS) is 17.0. The molecule has 3 aromatic rings. The summed E-state index contributed by atoms with van der Waals surface area (Å²) >= 11 is 13.6. The van der Waals surface area contributed by atoms with Crippen LogP contribution in [0.3, 0.4) is 0 Å². The summed E-state index contributed by atoms with van der Waals surface area (Å²) in [6.45, 7) is 10.6. The van der Waals surface area contributed by atoms with Gasteiger partial charge in [-0.25, -0.2) is 14.2 Å². The van der Waals surface area contributed by atoms with Crippen molar-refractivity contribution in [3.8, 4) is 11.1 Å². The number of rotatable bonds is 7. The highest BCUT2D eigenvalue weighted by Crippen LogP contribution is 2.42. The number of nitrogens with one attached hydrogen (secondary N) is 1. The largest absolute Gasteiger partial charge is 0.481 e. The first kappa shape index (κ1) is 35.8. The van der Waals surface area contributed by atoms with Crippen molar-refractivity contribution in [1.82, 2.24) is 18.9 Å². The minimum absolute atomic E-state index is 0.0257. The number of anilines is 1. The number of piperazine rings is 1. The summed E-state index contributed by atoms with van der Waals surface area (Å²) in [6, 6.07) is 7.40. The SMILES string of the molecule is C=C(/N=C(/OC)C1=C(C)CCC1N1CCN(C(C)=O)CC1)c1cccc(-c2c(F)ccc(NC(=O)c3cn(C)c(=O)n(C)c3=O)c2Cl)c1Cl. The third-order valence-corrected chi connectivity index (χ3v) is 9.86. The van der Waals surface area contributed by atoms with E-state index in [0.717, 1.165) is 58.5 Å². The Morgan fingerprint density at radius 3 is 2.39 bits per heavy atom. The van der Waals surface area contributed by atoms with E-state index in [4.69, 9.17) is 32.9 Å². The van der Waals surface area contributed by atoms with Crippen molar-refractivity contribution >= 4 is 52.3 Å². The maximum Gasteiger partial charge on any atom is 0.330 e. The number of halogens is 3. The van der Waals surface area contributed by atoms with Gasteiger partial charge in [0.05, 0.1) is 28.5 Å². The van der Waals surface area contributed by atoms with E-state index in [1.807, 2.05) is 4.90 Å². The van der Waals surface area contributed by atoms with Gasteiger partial charge in [-0.3, -0.25) is 23.9 Å². The zero-order valence-electron chi connectivity index (χ0n) is 27.9. The van der Waals surface area contributed by atoms with Crippen LogP contribution in [0.1, 0.15) is 42.6 Å². The van der Waals surface area contributed by atoms with Crippen molar-refractivity contribution in [1.29, 1.82) is 0 Å². The summed E-state index contributed by atoms with van der Waals surface area (Å²) in [7, 11) is 4.22. The molecule has 2 aliphatic rings. The second-order valence-electron chi connectivity index (χ2n) is 12.1. The van der Waals surface area contributed by atoms with Crippen molar-refractivity contribution in [3.05, 3.63) is 102 Å². The summed E-state index contributed by atoms with van der Waals surface area (Å²) in [4.78, 5) is 58.6. The Morgan fingerprint density at radius 2 is 1.73 bits per heavy atom. The third-order valence-electron chi connectivity index (χ3n) is 9.06. The maximum atomic E-state index is 15.5. The van der Waals surface area contributed by atoms with Crippen molar-refractivity contribution < 1.29 is 18.7 Å². The van der Waals surface area contributed by atoms with Gasteiger partial charge in [0.15, 0.2) is 0 Å². The predicted octanol–water partition coefficient (Wildman–Crippen LogP) is 5.11. The number of methoxy groups -OCH3 is 1. The highest BCUT2D eigenvalue weighted by atomic mass is 35.5. The van der Waals surface area contributed by atoms with Crippen LogP contribution in [0.5, 0.6) is 0 Å². The molecule has 1 atom stereocenters. The zero-order valence-corrected chi connectivity index (χ0v) is 29.4. The Bertz CT molecular complexity index is 2040. The zero-order chi connectivity index (χ0) is 35.7. The second-order valence-corrected chi connectivity index (χ2v) is 12.8. The molecule has 258 valence electrons. The highest BCUT2D eigenvalue weighted by molar-refractivity contribution is 6.39. The molecular weight excluding hydrogens is 674 g/mol. The van der Waals surface area contributed by atoms with Gasteiger partial charge in [-0.05, 0) is 31.9 Å². The number of aryl methyl sites for hydroxylation is 1. The fourth-order valence-corrected chi connectivity index (χ4v) is 6.98. The Labute approximate surface area is 292 Å². The van der Waals surface area contributed by atoms with Gasteiger partial charge in [0.2, 0.25) is 11.8 Å². The Morgan fingerprint density at radius 1 is 1.04 bits per heavy atom. The van der Waals surface area contributed by atoms with Crippen molar-refractivity contribution in [2.75, 3.05) is 38.6 Å². The van der Waals surface area contributed by atoms with Crippen molar-refractivity contribution in [3.63, 3.8) is 0 Å². The fraction of sp³-hybridized carbons (Fsp3) is 0.343. The van der Waals surface area contributed by atoms with Gasteiger partial charge < -0.3 is 19.5 Å². The van der Waals surface area contributed by atoms with E-state index in [0.29, 0.717) is 24.6 Å². The molecule has 1 unspecified atom stereocenters. The van der Waals surface area contributed by atoms with Crippen LogP contribution >= 0.6 is 23.2 Å². The lowest BCUT2D eigenvalue weighted by Gasteiger charge is -2.38. The highest BCUT2D eigenvalue weighted by Gasteiger charge is 2.35. The van der Waals surface area contributed by atoms with Crippen molar-refractivity contribution in [2.45, 2.75) is 32.7 Å². The molecule has 0 saturated carbocycles. The third kappa shape index (κ3) is 6.99. The van der Waals surface area contributed by atoms with Gasteiger partial charge in [0.25, 0.3) is 11.5 Å². The lowest BCUT2D eigenvalue weighted by molar-refractivity contribution is -0.130. The van der Waals surface area contributed by atoms with Gasteiger partial charge in [0, 0.05) is 81.7 Å². The second kappa shape index (κ2) is 14.5. The number of benzene rings is 2. The molecule has 1 aliphatic heterocycles. The molecule has 11 nitrogen and oxygen atoms in total. The molecule has 1 N–H and O–H groups in total. The molecule has 49 heavy (non-hydrogen) atoms. The molecule has 1 fully saturated rings. The summed E-state index contributed by atoms with van der Waals surface area (Å²) in [6.07, 6.45) is 2.90. The van der Waals surface area contributed by atoms with Gasteiger partial charge in [-0.2, -0.15) is 0 Å².